The van der Waals surface area contributed by atoms with Gasteiger partial charge in [0.1, 0.15) is 15.7 Å². The number of nitrogens with one attached hydrogen (secondary N) is 1. The SMILES string of the molecule is CCOC(=O)c1sc(NC(=O)CSc2nnc(C3CC3)n2CC)c(C(=O)OCC)c1C. The zero-order valence-corrected chi connectivity index (χ0v) is 19.7. The molecule has 0 saturated heterocycles. The molecule has 1 N–H and O–H groups in total. The number of aromatic nitrogens is 3. The number of hydrogen-bond donors (Lipinski definition) is 1. The standard InChI is InChI=1S/C20H26N4O5S2/c1-5-24-16(12-8-9-12)22-23-20(24)30-10-13(25)21-17-14(18(26)28-6-2)11(4)15(31-17)19(27)29-7-3/h12H,5-10H2,1-4H3,(H,21,25). The zero-order chi connectivity index (χ0) is 22.5. The smallest absolute Gasteiger partial charge is 0.348 e. The van der Waals surface area contributed by atoms with Gasteiger partial charge in [0.25, 0.3) is 0 Å². The third-order valence-electron chi connectivity index (χ3n) is 4.68. The topological polar surface area (TPSA) is 112 Å². The summed E-state index contributed by atoms with van der Waals surface area (Å²) < 4.78 is 12.2. The fourth-order valence-electron chi connectivity index (χ4n) is 3.08. The van der Waals surface area contributed by atoms with Gasteiger partial charge in [0, 0.05) is 12.5 Å². The molecule has 0 atom stereocenters. The van der Waals surface area contributed by atoms with Gasteiger partial charge in [-0.25, -0.2) is 9.59 Å². The first-order chi connectivity index (χ1) is 14.9. The minimum Gasteiger partial charge on any atom is -0.462 e. The summed E-state index contributed by atoms with van der Waals surface area (Å²) >= 11 is 2.30. The number of anilines is 1. The fourth-order valence-corrected chi connectivity index (χ4v) is 5.00. The van der Waals surface area contributed by atoms with Gasteiger partial charge in [0.15, 0.2) is 5.16 Å². The Morgan fingerprint density at radius 3 is 2.42 bits per heavy atom. The highest BCUT2D eigenvalue weighted by Gasteiger charge is 2.30. The number of carbonyl (C=O) groups excluding carboxylic acids is 3. The van der Waals surface area contributed by atoms with Crippen LogP contribution in [0, 0.1) is 6.92 Å². The summed E-state index contributed by atoms with van der Waals surface area (Å²) in [6.45, 7) is 8.20. The predicted molar refractivity (Wildman–Crippen MR) is 118 cm³/mol. The molecule has 1 aliphatic carbocycles. The van der Waals surface area contributed by atoms with Crippen LogP contribution in [-0.2, 0) is 20.8 Å². The van der Waals surface area contributed by atoms with E-state index in [4.69, 9.17) is 9.47 Å². The van der Waals surface area contributed by atoms with Gasteiger partial charge in [-0.3, -0.25) is 4.79 Å². The van der Waals surface area contributed by atoms with Crippen molar-refractivity contribution in [2.75, 3.05) is 24.3 Å². The maximum absolute atomic E-state index is 12.6. The van der Waals surface area contributed by atoms with Crippen LogP contribution in [0.4, 0.5) is 5.00 Å². The average Bonchev–Trinajstić information content (AvgIpc) is 3.41. The van der Waals surface area contributed by atoms with Gasteiger partial charge in [-0.15, -0.1) is 21.5 Å². The summed E-state index contributed by atoms with van der Waals surface area (Å²) in [4.78, 5) is 37.6. The van der Waals surface area contributed by atoms with Crippen LogP contribution in [0.2, 0.25) is 0 Å². The van der Waals surface area contributed by atoms with Gasteiger partial charge in [-0.05, 0) is 46.1 Å². The Kier molecular flexibility index (Phi) is 7.71. The summed E-state index contributed by atoms with van der Waals surface area (Å²) in [7, 11) is 0. The lowest BCUT2D eigenvalue weighted by Gasteiger charge is -2.08. The lowest BCUT2D eigenvalue weighted by molar-refractivity contribution is -0.113. The number of amides is 1. The van der Waals surface area contributed by atoms with Crippen molar-refractivity contribution in [1.82, 2.24) is 14.8 Å². The molecule has 0 aliphatic heterocycles. The minimum absolute atomic E-state index is 0.0940. The molecule has 2 aromatic rings. The number of rotatable bonds is 10. The van der Waals surface area contributed by atoms with Crippen LogP contribution in [0.1, 0.15) is 70.9 Å². The second-order valence-corrected chi connectivity index (χ2v) is 8.86. The molecule has 0 bridgehead atoms. The molecule has 1 fully saturated rings. The van der Waals surface area contributed by atoms with E-state index in [9.17, 15) is 14.4 Å². The normalized spacial score (nSPS) is 13.2. The summed E-state index contributed by atoms with van der Waals surface area (Å²) in [6.07, 6.45) is 2.25. The van der Waals surface area contributed by atoms with Gasteiger partial charge in [-0.1, -0.05) is 11.8 Å². The molecule has 0 radical (unpaired) electrons. The van der Waals surface area contributed by atoms with Crippen LogP contribution in [-0.4, -0.2) is 51.6 Å². The van der Waals surface area contributed by atoms with E-state index in [2.05, 4.69) is 15.5 Å². The molecule has 168 valence electrons. The predicted octanol–water partition coefficient (Wildman–Crippen LogP) is 3.63. The molecule has 1 aliphatic rings. The Balaban J connectivity index is 1.74. The fraction of sp³-hybridized carbons (Fsp3) is 0.550. The third kappa shape index (κ3) is 5.27. The Labute approximate surface area is 188 Å². The number of hydrogen-bond acceptors (Lipinski definition) is 9. The quantitative estimate of drug-likeness (QED) is 0.417. The van der Waals surface area contributed by atoms with Gasteiger partial charge >= 0.3 is 11.9 Å². The van der Waals surface area contributed by atoms with Crippen molar-refractivity contribution < 1.29 is 23.9 Å². The lowest BCUT2D eigenvalue weighted by atomic mass is 10.1. The van der Waals surface area contributed by atoms with E-state index in [1.165, 1.54) is 11.8 Å². The number of nitrogens with zero attached hydrogens (tertiary/aromatic N) is 3. The van der Waals surface area contributed by atoms with E-state index in [1.807, 2.05) is 11.5 Å². The van der Waals surface area contributed by atoms with Crippen LogP contribution in [0.5, 0.6) is 0 Å². The van der Waals surface area contributed by atoms with E-state index >= 15 is 0 Å². The highest BCUT2D eigenvalue weighted by molar-refractivity contribution is 7.99. The van der Waals surface area contributed by atoms with Crippen molar-refractivity contribution >= 4 is 45.9 Å². The molecule has 11 heteroatoms. The second kappa shape index (κ2) is 10.3. The van der Waals surface area contributed by atoms with Crippen LogP contribution in [0.25, 0.3) is 0 Å². The van der Waals surface area contributed by atoms with Crippen molar-refractivity contribution in [3.8, 4) is 0 Å². The number of ether oxygens (including phenoxy) is 2. The third-order valence-corrected chi connectivity index (χ3v) is 6.83. The largest absolute Gasteiger partial charge is 0.462 e. The van der Waals surface area contributed by atoms with E-state index in [1.54, 1.807) is 20.8 Å². The molecule has 1 saturated carbocycles. The lowest BCUT2D eigenvalue weighted by Crippen LogP contribution is -2.17. The molecular weight excluding hydrogens is 440 g/mol. The minimum atomic E-state index is -0.588. The van der Waals surface area contributed by atoms with Crippen LogP contribution in [0.3, 0.4) is 0 Å². The first-order valence-corrected chi connectivity index (χ1v) is 12.0. The molecule has 2 aromatic heterocycles. The van der Waals surface area contributed by atoms with E-state index in [-0.39, 0.29) is 40.3 Å². The summed E-state index contributed by atoms with van der Waals surface area (Å²) in [5.74, 6) is 0.104. The van der Waals surface area contributed by atoms with Crippen molar-refractivity contribution in [2.24, 2.45) is 0 Å². The summed E-state index contributed by atoms with van der Waals surface area (Å²) in [5.41, 5.74) is 0.616. The van der Waals surface area contributed by atoms with Crippen LogP contribution >= 0.6 is 23.1 Å². The second-order valence-electron chi connectivity index (χ2n) is 6.90. The molecule has 0 aromatic carbocycles. The van der Waals surface area contributed by atoms with Crippen molar-refractivity contribution in [2.45, 2.75) is 58.2 Å². The number of esters is 2. The molecule has 31 heavy (non-hydrogen) atoms. The van der Waals surface area contributed by atoms with Gasteiger partial charge in [-0.2, -0.15) is 0 Å². The molecule has 1 amide bonds. The molecule has 3 rings (SSSR count). The first kappa shape index (κ1) is 23.3. The van der Waals surface area contributed by atoms with Gasteiger partial charge in [0.2, 0.25) is 5.91 Å². The maximum atomic E-state index is 12.6. The molecule has 0 spiro atoms. The van der Waals surface area contributed by atoms with Crippen LogP contribution < -0.4 is 5.32 Å². The molecule has 2 heterocycles. The molecule has 0 unspecified atom stereocenters. The Morgan fingerprint density at radius 1 is 1.13 bits per heavy atom. The highest BCUT2D eigenvalue weighted by Crippen LogP contribution is 2.40. The van der Waals surface area contributed by atoms with E-state index in [0.717, 1.165) is 36.5 Å². The van der Waals surface area contributed by atoms with Crippen LogP contribution in [0.15, 0.2) is 5.16 Å². The summed E-state index contributed by atoms with van der Waals surface area (Å²) in [6, 6.07) is 0. The van der Waals surface area contributed by atoms with E-state index < -0.39 is 11.9 Å². The van der Waals surface area contributed by atoms with Crippen molar-refractivity contribution in [3.63, 3.8) is 0 Å². The number of thioether (sulfide) groups is 1. The Bertz CT molecular complexity index is 981. The zero-order valence-electron chi connectivity index (χ0n) is 18.0. The molecule has 9 nitrogen and oxygen atoms in total. The summed E-state index contributed by atoms with van der Waals surface area (Å²) in [5, 5.41) is 12.2. The van der Waals surface area contributed by atoms with Crippen molar-refractivity contribution in [1.29, 1.82) is 0 Å². The number of thiophene rings is 1. The Morgan fingerprint density at radius 2 is 1.81 bits per heavy atom. The van der Waals surface area contributed by atoms with Gasteiger partial charge in [0.05, 0.1) is 24.5 Å². The van der Waals surface area contributed by atoms with E-state index in [0.29, 0.717) is 16.6 Å². The van der Waals surface area contributed by atoms with Gasteiger partial charge < -0.3 is 19.4 Å². The molecular formula is C20H26N4O5S2. The number of carbonyl (C=O) groups is 3. The Hall–Kier alpha value is -2.40. The monoisotopic (exact) mass is 466 g/mol. The maximum Gasteiger partial charge on any atom is 0.348 e. The first-order valence-electron chi connectivity index (χ1n) is 10.2. The highest BCUT2D eigenvalue weighted by atomic mass is 32.2. The van der Waals surface area contributed by atoms with Crippen molar-refractivity contribution in [3.05, 3.63) is 21.8 Å². The average molecular weight is 467 g/mol.